The lowest BCUT2D eigenvalue weighted by molar-refractivity contribution is 0.475. The minimum atomic E-state index is 0.370. The fraction of sp³-hybridized carbons (Fsp3) is 0.182. The Morgan fingerprint density at radius 1 is 1.47 bits per heavy atom. The second-order valence-corrected chi connectivity index (χ2v) is 3.78. The number of aryl methyl sites for hydroxylation is 1. The highest BCUT2D eigenvalue weighted by molar-refractivity contribution is 6.33. The van der Waals surface area contributed by atoms with Crippen molar-refractivity contribution in [2.45, 2.75) is 13.5 Å². The van der Waals surface area contributed by atoms with Crippen molar-refractivity contribution in [2.75, 3.05) is 5.32 Å². The molecule has 0 saturated carbocycles. The van der Waals surface area contributed by atoms with Gasteiger partial charge in [0.25, 0.3) is 0 Å². The van der Waals surface area contributed by atoms with Crippen LogP contribution in [-0.2, 0) is 6.54 Å². The van der Waals surface area contributed by atoms with Crippen LogP contribution in [0.4, 0.5) is 5.69 Å². The molecule has 0 radical (unpaired) electrons. The molecule has 0 aliphatic heterocycles. The lowest BCUT2D eigenvalue weighted by atomic mass is 10.2. The summed E-state index contributed by atoms with van der Waals surface area (Å²) < 4.78 is 5.21. The smallest absolute Gasteiger partial charge is 0.235 e. The summed E-state index contributed by atoms with van der Waals surface area (Å²) in [5.74, 6) is 0.986. The summed E-state index contributed by atoms with van der Waals surface area (Å²) in [6.45, 7) is 2.09. The highest BCUT2D eigenvalue weighted by Crippen LogP contribution is 2.23. The molecule has 0 aliphatic carbocycles. The Bertz CT molecular complexity index is 573. The minimum Gasteiger partial charge on any atom is -0.424 e. The predicted octanol–water partition coefficient (Wildman–Crippen LogP) is 2.52. The summed E-state index contributed by atoms with van der Waals surface area (Å²) >= 11 is 5.99. The summed E-state index contributed by atoms with van der Waals surface area (Å²) in [5.41, 5.74) is 1.21. The summed E-state index contributed by atoms with van der Waals surface area (Å²) in [6.07, 6.45) is 0. The number of nitrogens with zero attached hydrogens (tertiary/aromatic N) is 3. The zero-order valence-corrected chi connectivity index (χ0v) is 9.82. The second kappa shape index (κ2) is 4.85. The minimum absolute atomic E-state index is 0.370. The number of hydrogen-bond donors (Lipinski definition) is 1. The first-order chi connectivity index (χ1) is 8.19. The zero-order chi connectivity index (χ0) is 12.3. The van der Waals surface area contributed by atoms with Crippen molar-refractivity contribution in [3.63, 3.8) is 0 Å². The topological polar surface area (TPSA) is 74.7 Å². The van der Waals surface area contributed by atoms with Gasteiger partial charge in [0.2, 0.25) is 11.8 Å². The third-order valence-corrected chi connectivity index (χ3v) is 2.42. The lowest BCUT2D eigenvalue weighted by Gasteiger charge is -2.05. The summed E-state index contributed by atoms with van der Waals surface area (Å²) in [4.78, 5) is 0. The van der Waals surface area contributed by atoms with Crippen LogP contribution < -0.4 is 5.32 Å². The van der Waals surface area contributed by atoms with Crippen LogP contribution in [-0.4, -0.2) is 10.2 Å². The summed E-state index contributed by atoms with van der Waals surface area (Å²) in [5, 5.41) is 19.9. The SMILES string of the molecule is Cc1nnc(CNc2cc(C#N)ccc2Cl)o1. The number of benzene rings is 1. The number of nitrogens with one attached hydrogen (secondary N) is 1. The molecule has 1 heterocycles. The molecule has 0 saturated heterocycles. The van der Waals surface area contributed by atoms with E-state index in [0.717, 1.165) is 0 Å². The highest BCUT2D eigenvalue weighted by Gasteiger charge is 2.05. The molecule has 1 aromatic heterocycles. The van der Waals surface area contributed by atoms with Gasteiger partial charge in [0, 0.05) is 6.92 Å². The average Bonchev–Trinajstić information content (AvgIpc) is 2.74. The van der Waals surface area contributed by atoms with Crippen molar-refractivity contribution < 1.29 is 4.42 Å². The summed E-state index contributed by atoms with van der Waals surface area (Å²) in [6, 6.07) is 7.04. The van der Waals surface area contributed by atoms with E-state index < -0.39 is 0 Å². The van der Waals surface area contributed by atoms with E-state index in [-0.39, 0.29) is 0 Å². The molecule has 86 valence electrons. The van der Waals surface area contributed by atoms with Gasteiger partial charge in [-0.05, 0) is 18.2 Å². The number of hydrogen-bond acceptors (Lipinski definition) is 5. The number of nitriles is 1. The number of aromatic nitrogens is 2. The molecule has 1 N–H and O–H groups in total. The van der Waals surface area contributed by atoms with E-state index in [1.165, 1.54) is 0 Å². The molecule has 0 unspecified atom stereocenters. The lowest BCUT2D eigenvalue weighted by Crippen LogP contribution is -2.00. The molecule has 6 heteroatoms. The van der Waals surface area contributed by atoms with Gasteiger partial charge in [-0.1, -0.05) is 11.6 Å². The quantitative estimate of drug-likeness (QED) is 0.903. The van der Waals surface area contributed by atoms with Crippen LogP contribution in [0.25, 0.3) is 0 Å². The zero-order valence-electron chi connectivity index (χ0n) is 9.07. The Morgan fingerprint density at radius 3 is 2.94 bits per heavy atom. The molecule has 17 heavy (non-hydrogen) atoms. The van der Waals surface area contributed by atoms with Crippen LogP contribution in [0.2, 0.25) is 5.02 Å². The molecule has 0 atom stereocenters. The van der Waals surface area contributed by atoms with Crippen molar-refractivity contribution in [3.8, 4) is 6.07 Å². The molecule has 0 fully saturated rings. The molecule has 0 aliphatic rings. The summed E-state index contributed by atoms with van der Waals surface area (Å²) in [7, 11) is 0. The van der Waals surface area contributed by atoms with Gasteiger partial charge in [0.05, 0.1) is 28.9 Å². The van der Waals surface area contributed by atoms with Crippen LogP contribution >= 0.6 is 11.6 Å². The van der Waals surface area contributed by atoms with Crippen molar-refractivity contribution in [1.29, 1.82) is 5.26 Å². The molecule has 1 aromatic carbocycles. The molecule has 5 nitrogen and oxygen atoms in total. The third-order valence-electron chi connectivity index (χ3n) is 2.09. The van der Waals surface area contributed by atoms with Gasteiger partial charge < -0.3 is 9.73 Å². The van der Waals surface area contributed by atoms with E-state index in [0.29, 0.717) is 34.6 Å². The maximum atomic E-state index is 8.78. The van der Waals surface area contributed by atoms with Crippen molar-refractivity contribution >= 4 is 17.3 Å². The fourth-order valence-corrected chi connectivity index (χ4v) is 1.49. The fourth-order valence-electron chi connectivity index (χ4n) is 1.31. The van der Waals surface area contributed by atoms with E-state index in [1.807, 2.05) is 6.07 Å². The van der Waals surface area contributed by atoms with Gasteiger partial charge in [0.15, 0.2) is 0 Å². The Kier molecular flexibility index (Phi) is 3.26. The normalized spacial score (nSPS) is 9.94. The molecule has 2 rings (SSSR count). The second-order valence-electron chi connectivity index (χ2n) is 3.37. The molecule has 2 aromatic rings. The van der Waals surface area contributed by atoms with Gasteiger partial charge in [-0.2, -0.15) is 5.26 Å². The maximum absolute atomic E-state index is 8.78. The Morgan fingerprint density at radius 2 is 2.29 bits per heavy atom. The Labute approximate surface area is 103 Å². The van der Waals surface area contributed by atoms with Crippen molar-refractivity contribution in [3.05, 3.63) is 40.6 Å². The Balaban J connectivity index is 2.11. The van der Waals surface area contributed by atoms with Gasteiger partial charge in [-0.25, -0.2) is 0 Å². The molecule has 0 bridgehead atoms. The predicted molar refractivity (Wildman–Crippen MR) is 62.5 cm³/mol. The van der Waals surface area contributed by atoms with Gasteiger partial charge in [-0.3, -0.25) is 0 Å². The first-order valence-electron chi connectivity index (χ1n) is 4.91. The van der Waals surface area contributed by atoms with Crippen LogP contribution in [0.1, 0.15) is 17.3 Å². The average molecular weight is 249 g/mol. The third kappa shape index (κ3) is 2.74. The Hall–Kier alpha value is -2.06. The van der Waals surface area contributed by atoms with Crippen LogP contribution in [0.5, 0.6) is 0 Å². The van der Waals surface area contributed by atoms with Gasteiger partial charge in [0.1, 0.15) is 0 Å². The molecule has 0 spiro atoms. The van der Waals surface area contributed by atoms with E-state index in [4.69, 9.17) is 21.3 Å². The first kappa shape index (κ1) is 11.4. The number of halogens is 1. The van der Waals surface area contributed by atoms with Gasteiger partial charge >= 0.3 is 0 Å². The van der Waals surface area contributed by atoms with Crippen LogP contribution in [0, 0.1) is 18.3 Å². The van der Waals surface area contributed by atoms with Crippen molar-refractivity contribution in [1.82, 2.24) is 10.2 Å². The monoisotopic (exact) mass is 248 g/mol. The van der Waals surface area contributed by atoms with Crippen LogP contribution in [0.3, 0.4) is 0 Å². The molecular formula is C11H9ClN4O. The number of rotatable bonds is 3. The number of anilines is 1. The standard InChI is InChI=1S/C11H9ClN4O/c1-7-15-16-11(17-7)6-14-10-4-8(5-13)2-3-9(10)12/h2-4,14H,6H2,1H3. The van der Waals surface area contributed by atoms with Crippen molar-refractivity contribution in [2.24, 2.45) is 0 Å². The van der Waals surface area contributed by atoms with Crippen LogP contribution in [0.15, 0.2) is 22.6 Å². The largest absolute Gasteiger partial charge is 0.424 e. The maximum Gasteiger partial charge on any atom is 0.235 e. The van der Waals surface area contributed by atoms with Gasteiger partial charge in [-0.15, -0.1) is 10.2 Å². The molecule has 0 amide bonds. The van der Waals surface area contributed by atoms with E-state index in [9.17, 15) is 0 Å². The first-order valence-corrected chi connectivity index (χ1v) is 5.29. The molecular weight excluding hydrogens is 240 g/mol. The van der Waals surface area contributed by atoms with E-state index >= 15 is 0 Å². The van der Waals surface area contributed by atoms with E-state index in [2.05, 4.69) is 15.5 Å². The highest BCUT2D eigenvalue weighted by atomic mass is 35.5. The van der Waals surface area contributed by atoms with E-state index in [1.54, 1.807) is 25.1 Å².